The van der Waals surface area contributed by atoms with E-state index in [0.717, 1.165) is 29.6 Å². The predicted octanol–water partition coefficient (Wildman–Crippen LogP) is 5.76. The molecule has 2 fully saturated rings. The van der Waals surface area contributed by atoms with Crippen LogP contribution in [-0.2, 0) is 21.5 Å². The number of ether oxygens (including phenoxy) is 1. The molecule has 0 unspecified atom stereocenters. The number of amides is 1. The fourth-order valence-electron chi connectivity index (χ4n) is 8.92. The number of aryl methyl sites for hydroxylation is 2. The van der Waals surface area contributed by atoms with E-state index in [1.54, 1.807) is 43.3 Å². The highest BCUT2D eigenvalue weighted by Gasteiger charge is 2.53. The highest BCUT2D eigenvalue weighted by Crippen LogP contribution is 2.55. The van der Waals surface area contributed by atoms with Crippen molar-refractivity contribution in [1.29, 1.82) is 0 Å². The van der Waals surface area contributed by atoms with Gasteiger partial charge in [-0.05, 0) is 101 Å². The zero-order valence-electron chi connectivity index (χ0n) is 30.8. The molecule has 1 aromatic carbocycles. The van der Waals surface area contributed by atoms with Gasteiger partial charge in [-0.25, -0.2) is 14.0 Å². The molecule has 14 heteroatoms. The van der Waals surface area contributed by atoms with Crippen molar-refractivity contribution >= 4 is 23.1 Å². The molecule has 1 saturated heterocycles. The van der Waals surface area contributed by atoms with Gasteiger partial charge in [-0.15, -0.1) is 0 Å². The summed E-state index contributed by atoms with van der Waals surface area (Å²) in [7, 11) is 0. The van der Waals surface area contributed by atoms with Crippen LogP contribution in [0, 0.1) is 19.7 Å². The number of hydrogen-bond donors (Lipinski definition) is 2. The van der Waals surface area contributed by atoms with E-state index in [1.807, 2.05) is 33.0 Å². The first-order valence-corrected chi connectivity index (χ1v) is 18.4. The van der Waals surface area contributed by atoms with Crippen LogP contribution in [0.1, 0.15) is 103 Å². The molecule has 4 aromatic heterocycles. The highest BCUT2D eigenvalue weighted by molar-refractivity contribution is 6.00. The van der Waals surface area contributed by atoms with E-state index >= 15 is 4.79 Å². The van der Waals surface area contributed by atoms with Gasteiger partial charge in [-0.1, -0.05) is 11.2 Å². The lowest BCUT2D eigenvalue weighted by Gasteiger charge is -2.35. The van der Waals surface area contributed by atoms with E-state index in [4.69, 9.17) is 14.4 Å². The Morgan fingerprint density at radius 3 is 2.57 bits per heavy atom. The van der Waals surface area contributed by atoms with E-state index in [-0.39, 0.29) is 23.1 Å². The van der Waals surface area contributed by atoms with Gasteiger partial charge in [0, 0.05) is 49.1 Å². The van der Waals surface area contributed by atoms with Crippen LogP contribution in [0.2, 0.25) is 0 Å². The molecule has 5 aromatic rings. The Balaban J connectivity index is 1.17. The maximum atomic E-state index is 15.2. The minimum atomic E-state index is -0.693. The second-order valence-corrected chi connectivity index (χ2v) is 15.7. The number of H-pyrrole nitrogens is 1. The van der Waals surface area contributed by atoms with Crippen molar-refractivity contribution in [2.24, 2.45) is 0 Å². The molecule has 2 N–H and O–H groups in total. The minimum Gasteiger partial charge on any atom is -0.376 e. The monoisotopic (exact) mass is 732 g/mol. The molecule has 0 radical (unpaired) electrons. The van der Waals surface area contributed by atoms with Crippen LogP contribution in [0.15, 0.2) is 64.2 Å². The number of carbonyl (C=O) groups excluding carboxylic acids is 2. The lowest BCUT2D eigenvalue weighted by molar-refractivity contribution is -0.0593. The van der Waals surface area contributed by atoms with Crippen LogP contribution in [0.3, 0.4) is 0 Å². The Bertz CT molecular complexity index is 2490. The van der Waals surface area contributed by atoms with Gasteiger partial charge in [0.25, 0.3) is 5.91 Å². The Labute approximate surface area is 310 Å². The predicted molar refractivity (Wildman–Crippen MR) is 197 cm³/mol. The molecule has 13 nitrogen and oxygen atoms in total. The van der Waals surface area contributed by atoms with E-state index in [0.29, 0.717) is 77.9 Å². The molecule has 1 aliphatic carbocycles. The van der Waals surface area contributed by atoms with Crippen LogP contribution in [0.4, 0.5) is 10.1 Å². The van der Waals surface area contributed by atoms with Gasteiger partial charge in [0.2, 0.25) is 5.82 Å². The summed E-state index contributed by atoms with van der Waals surface area (Å²) in [5.74, 6) is 1.77. The molecule has 2 atom stereocenters. The maximum absolute atomic E-state index is 15.2. The molecule has 278 valence electrons. The number of aromatic nitrogens is 5. The third kappa shape index (κ3) is 5.26. The van der Waals surface area contributed by atoms with Crippen LogP contribution in [0.25, 0.3) is 16.8 Å². The summed E-state index contributed by atoms with van der Waals surface area (Å²) in [6, 6.07) is 7.23. The van der Waals surface area contributed by atoms with Crippen molar-refractivity contribution in [3.8, 4) is 11.3 Å². The molecular weight excluding hydrogens is 691 g/mol. The molecule has 0 spiro atoms. The first-order chi connectivity index (χ1) is 25.9. The topological polar surface area (TPSA) is 143 Å². The summed E-state index contributed by atoms with van der Waals surface area (Å²) < 4.78 is 29.7. The molecule has 1 amide bonds. The second kappa shape index (κ2) is 12.2. The van der Waals surface area contributed by atoms with Gasteiger partial charge in [0.15, 0.2) is 11.8 Å². The van der Waals surface area contributed by atoms with Crippen LogP contribution >= 0.6 is 0 Å². The normalized spacial score (nSPS) is 21.3. The Morgan fingerprint density at radius 1 is 1.11 bits per heavy atom. The third-order valence-electron chi connectivity index (χ3n) is 11.7. The van der Waals surface area contributed by atoms with Crippen LogP contribution in [-0.4, -0.2) is 59.8 Å². The van der Waals surface area contributed by atoms with Crippen molar-refractivity contribution < 1.29 is 23.2 Å². The molecule has 3 aliphatic heterocycles. The lowest BCUT2D eigenvalue weighted by Crippen LogP contribution is -2.42. The molecular formula is C40H41FN8O5. The quantitative estimate of drug-likeness (QED) is 0.209. The van der Waals surface area contributed by atoms with E-state index in [2.05, 4.69) is 47.6 Å². The Hall–Kier alpha value is -5.72. The molecule has 54 heavy (non-hydrogen) atoms. The standard InChI is InChI=1S/C40H41FN8O5/c1-22-16-27(17-23(2)32(22)41)33-35(48-12-11-42-30(48)21-50)34-24(3)47(13-14-49(34)44-33)36(51)28-20-46-19-26(25-8-15-53-39(4,5)18-25)6-7-29(46)31(28)40(9-10-40)37-43-38(52)54-45-37/h6-7,11-12,16-17,19-20,24-25,42H,8-10,13-15,18H2,1-5H3,(H,43,45,52)/t24-,25-/m0/s1. The molecule has 4 aliphatic rings. The van der Waals surface area contributed by atoms with E-state index in [1.165, 1.54) is 5.56 Å². The maximum Gasteiger partial charge on any atom is 0.438 e. The second-order valence-electron chi connectivity index (χ2n) is 15.7. The van der Waals surface area contributed by atoms with Gasteiger partial charge in [0.05, 0.1) is 46.1 Å². The fourth-order valence-corrected chi connectivity index (χ4v) is 8.92. The number of benzene rings is 1. The van der Waals surface area contributed by atoms with Gasteiger partial charge in [0.1, 0.15) is 11.5 Å². The SMILES string of the molecule is Cc1cc(-c2nn3c(c2N2C=CNC2=C=O)[C@H](C)N(C(=O)c2cn4cc([C@H]5CCOC(C)(C)C5)ccc4c2C2(c4noc(=O)[nH]4)CC2)CC3)cc(C)c1F. The highest BCUT2D eigenvalue weighted by atomic mass is 19.1. The average Bonchev–Trinajstić information content (AvgIpc) is 3.52. The number of carbonyl (C=O) groups is 1. The molecule has 1 saturated carbocycles. The number of hydrogen-bond acceptors (Lipinski definition) is 9. The number of fused-ring (bicyclic) bond motifs is 2. The number of halogens is 1. The number of nitrogens with one attached hydrogen (secondary N) is 2. The van der Waals surface area contributed by atoms with Crippen molar-refractivity contribution in [3.63, 3.8) is 0 Å². The lowest BCUT2D eigenvalue weighted by atomic mass is 9.84. The van der Waals surface area contributed by atoms with Crippen LogP contribution < -0.4 is 16.0 Å². The summed E-state index contributed by atoms with van der Waals surface area (Å²) in [6.45, 7) is 11.1. The first kappa shape index (κ1) is 34.1. The zero-order valence-corrected chi connectivity index (χ0v) is 30.8. The fraction of sp³-hybridized carbons (Fsp3) is 0.400. The molecule has 7 heterocycles. The minimum absolute atomic E-state index is 0.179. The largest absolute Gasteiger partial charge is 0.438 e. The summed E-state index contributed by atoms with van der Waals surface area (Å²) in [4.78, 5) is 45.8. The van der Waals surface area contributed by atoms with Crippen LogP contribution in [0.5, 0.6) is 0 Å². The van der Waals surface area contributed by atoms with Crippen molar-refractivity contribution in [2.75, 3.05) is 18.1 Å². The number of nitrogens with zero attached hydrogens (tertiary/aromatic N) is 6. The van der Waals surface area contributed by atoms with Gasteiger partial charge in [-0.2, -0.15) is 5.10 Å². The summed E-state index contributed by atoms with van der Waals surface area (Å²) in [6.07, 6.45) is 10.6. The number of rotatable bonds is 6. The number of anilines is 1. The van der Waals surface area contributed by atoms with Gasteiger partial charge >= 0.3 is 5.76 Å². The Kier molecular flexibility index (Phi) is 7.67. The van der Waals surface area contributed by atoms with Gasteiger partial charge < -0.3 is 19.4 Å². The molecule has 9 rings (SSSR count). The third-order valence-corrected chi connectivity index (χ3v) is 11.7. The van der Waals surface area contributed by atoms with E-state index in [9.17, 15) is 14.0 Å². The van der Waals surface area contributed by atoms with E-state index < -0.39 is 17.2 Å². The summed E-state index contributed by atoms with van der Waals surface area (Å²) >= 11 is 0. The smallest absolute Gasteiger partial charge is 0.376 e. The number of pyridine rings is 1. The van der Waals surface area contributed by atoms with Crippen molar-refractivity contribution in [1.82, 2.24) is 34.5 Å². The zero-order chi connectivity index (χ0) is 37.7. The average molecular weight is 733 g/mol. The number of aromatic amines is 1. The summed E-state index contributed by atoms with van der Waals surface area (Å²) in [5, 5.41) is 12.1. The Morgan fingerprint density at radius 2 is 1.89 bits per heavy atom. The first-order valence-electron chi connectivity index (χ1n) is 18.4. The van der Waals surface area contributed by atoms with Crippen molar-refractivity contribution in [2.45, 2.75) is 89.8 Å². The summed E-state index contributed by atoms with van der Waals surface area (Å²) in [5.41, 5.74) is 5.98. The molecule has 0 bridgehead atoms. The van der Waals surface area contributed by atoms with Crippen molar-refractivity contribution in [3.05, 3.63) is 111 Å². The van der Waals surface area contributed by atoms with Gasteiger partial charge in [-0.3, -0.25) is 23.9 Å².